The van der Waals surface area contributed by atoms with Crippen molar-refractivity contribution in [1.82, 2.24) is 23.8 Å². The average molecular weight is 422 g/mol. The van der Waals surface area contributed by atoms with Gasteiger partial charge in [0.1, 0.15) is 5.69 Å². The van der Waals surface area contributed by atoms with Crippen molar-refractivity contribution >= 4 is 11.4 Å². The lowest BCUT2D eigenvalue weighted by molar-refractivity contribution is 0.0644. The molecular formula is C24H31N5O2. The van der Waals surface area contributed by atoms with E-state index in [9.17, 15) is 4.79 Å². The summed E-state index contributed by atoms with van der Waals surface area (Å²) in [7, 11) is 0. The van der Waals surface area contributed by atoms with Gasteiger partial charge in [-0.2, -0.15) is 0 Å². The van der Waals surface area contributed by atoms with Crippen molar-refractivity contribution in [3.8, 4) is 11.5 Å². The molecule has 7 nitrogen and oxygen atoms in total. The highest BCUT2D eigenvalue weighted by Gasteiger charge is 2.29. The molecule has 1 aliphatic heterocycles. The summed E-state index contributed by atoms with van der Waals surface area (Å²) in [5.41, 5.74) is 2.14. The van der Waals surface area contributed by atoms with Crippen molar-refractivity contribution in [2.45, 2.75) is 70.6 Å². The Kier molecular flexibility index (Phi) is 5.76. The van der Waals surface area contributed by atoms with Crippen molar-refractivity contribution in [2.75, 3.05) is 13.2 Å². The summed E-state index contributed by atoms with van der Waals surface area (Å²) in [4.78, 5) is 25.0. The molecule has 1 saturated heterocycles. The number of hydrogen-bond donors (Lipinski definition) is 0. The van der Waals surface area contributed by atoms with Crippen LogP contribution in [0.25, 0.3) is 17.0 Å². The zero-order chi connectivity index (χ0) is 21.2. The van der Waals surface area contributed by atoms with E-state index in [1.54, 1.807) is 0 Å². The van der Waals surface area contributed by atoms with Crippen molar-refractivity contribution in [3.05, 3.63) is 42.6 Å². The van der Waals surface area contributed by atoms with E-state index in [1.165, 1.54) is 19.3 Å². The van der Waals surface area contributed by atoms with E-state index in [-0.39, 0.29) is 12.0 Å². The molecule has 7 heteroatoms. The zero-order valence-corrected chi connectivity index (χ0v) is 18.2. The first kappa shape index (κ1) is 20.2. The summed E-state index contributed by atoms with van der Waals surface area (Å²) in [5, 5.41) is 0. The molecule has 0 bridgehead atoms. The first-order chi connectivity index (χ1) is 15.2. The number of carbonyl (C=O) groups excluding carboxylic acids is 1. The lowest BCUT2D eigenvalue weighted by Crippen LogP contribution is -2.41. The maximum atomic E-state index is 13.6. The normalized spacial score (nSPS) is 19.8. The molecule has 0 N–H and O–H groups in total. The number of hydrogen-bond acceptors (Lipinski definition) is 4. The molecule has 0 aromatic carbocycles. The van der Waals surface area contributed by atoms with E-state index in [0.717, 1.165) is 50.0 Å². The third-order valence-corrected chi connectivity index (χ3v) is 6.67. The van der Waals surface area contributed by atoms with E-state index in [1.807, 2.05) is 46.2 Å². The number of carbonyl (C=O) groups is 1. The Labute approximate surface area is 183 Å². The largest absolute Gasteiger partial charge is 0.376 e. The second-order valence-corrected chi connectivity index (χ2v) is 8.71. The van der Waals surface area contributed by atoms with Crippen molar-refractivity contribution < 1.29 is 9.53 Å². The number of nitrogens with zero attached hydrogens (tertiary/aromatic N) is 5. The monoisotopic (exact) mass is 421 g/mol. The van der Waals surface area contributed by atoms with Gasteiger partial charge in [-0.3, -0.25) is 9.20 Å². The fourth-order valence-electron chi connectivity index (χ4n) is 5.07. The topological polar surface area (TPSA) is 64.7 Å². The van der Waals surface area contributed by atoms with Crippen LogP contribution in [0, 0.1) is 0 Å². The highest BCUT2D eigenvalue weighted by Crippen LogP contribution is 2.27. The predicted octanol–water partition coefficient (Wildman–Crippen LogP) is 4.17. The van der Waals surface area contributed by atoms with Crippen LogP contribution in [0.1, 0.15) is 62.4 Å². The number of rotatable bonds is 6. The van der Waals surface area contributed by atoms with Gasteiger partial charge in [0.25, 0.3) is 5.91 Å². The van der Waals surface area contributed by atoms with E-state index >= 15 is 0 Å². The van der Waals surface area contributed by atoms with Gasteiger partial charge in [0.2, 0.25) is 0 Å². The molecule has 1 aliphatic carbocycles. The van der Waals surface area contributed by atoms with Crippen LogP contribution in [0.5, 0.6) is 0 Å². The molecule has 1 amide bonds. The number of fused-ring (bicyclic) bond motifs is 1. The highest BCUT2D eigenvalue weighted by molar-refractivity contribution is 6.00. The number of imidazole rings is 2. The number of pyridine rings is 1. The van der Waals surface area contributed by atoms with Crippen LogP contribution in [-0.2, 0) is 11.3 Å². The Bertz CT molecular complexity index is 1040. The molecule has 5 rings (SSSR count). The van der Waals surface area contributed by atoms with Gasteiger partial charge in [0, 0.05) is 38.1 Å². The van der Waals surface area contributed by atoms with Crippen molar-refractivity contribution in [1.29, 1.82) is 0 Å². The molecule has 4 heterocycles. The summed E-state index contributed by atoms with van der Waals surface area (Å²) < 4.78 is 9.81. The van der Waals surface area contributed by atoms with E-state index in [4.69, 9.17) is 9.72 Å². The van der Waals surface area contributed by atoms with Crippen LogP contribution in [0.3, 0.4) is 0 Å². The first-order valence-electron chi connectivity index (χ1n) is 11.7. The summed E-state index contributed by atoms with van der Waals surface area (Å²) in [6, 6.07) is 6.22. The second-order valence-electron chi connectivity index (χ2n) is 8.71. The van der Waals surface area contributed by atoms with Gasteiger partial charge in [-0.15, -0.1) is 0 Å². The zero-order valence-electron chi connectivity index (χ0n) is 18.2. The Morgan fingerprint density at radius 2 is 2.06 bits per heavy atom. The van der Waals surface area contributed by atoms with Crippen LogP contribution >= 0.6 is 0 Å². The van der Waals surface area contributed by atoms with Crippen LogP contribution < -0.4 is 0 Å². The lowest BCUT2D eigenvalue weighted by atomic mass is 9.94. The molecule has 3 aromatic rings. The number of amides is 1. The number of ether oxygens (including phenoxy) is 1. The molecule has 0 radical (unpaired) electrons. The maximum Gasteiger partial charge on any atom is 0.274 e. The van der Waals surface area contributed by atoms with Gasteiger partial charge in [0.15, 0.2) is 11.5 Å². The minimum Gasteiger partial charge on any atom is -0.376 e. The Balaban J connectivity index is 1.47. The van der Waals surface area contributed by atoms with Crippen LogP contribution in [0.15, 0.2) is 36.9 Å². The molecule has 31 heavy (non-hydrogen) atoms. The van der Waals surface area contributed by atoms with E-state index in [2.05, 4.69) is 16.5 Å². The molecule has 2 aliphatic rings. The van der Waals surface area contributed by atoms with Crippen LogP contribution in [-0.4, -0.2) is 55.0 Å². The SMILES string of the molecule is CCN(C(=O)c1nc(-c2cn(CC3CCCO3)cn2)n2ccccc12)C1CCCCC1. The number of aromatic nitrogens is 4. The molecular weight excluding hydrogens is 390 g/mol. The maximum absolute atomic E-state index is 13.6. The quantitative estimate of drug-likeness (QED) is 0.599. The Morgan fingerprint density at radius 3 is 2.84 bits per heavy atom. The minimum absolute atomic E-state index is 0.0307. The molecule has 1 atom stereocenters. The van der Waals surface area contributed by atoms with Gasteiger partial charge in [0.05, 0.1) is 17.9 Å². The second kappa shape index (κ2) is 8.83. The van der Waals surface area contributed by atoms with E-state index in [0.29, 0.717) is 24.1 Å². The molecule has 164 valence electrons. The summed E-state index contributed by atoms with van der Waals surface area (Å²) >= 11 is 0. The van der Waals surface area contributed by atoms with Crippen LogP contribution in [0.4, 0.5) is 0 Å². The van der Waals surface area contributed by atoms with Gasteiger partial charge in [-0.25, -0.2) is 9.97 Å². The summed E-state index contributed by atoms with van der Waals surface area (Å²) in [5.74, 6) is 0.743. The molecule has 0 spiro atoms. The van der Waals surface area contributed by atoms with Crippen molar-refractivity contribution in [3.63, 3.8) is 0 Å². The molecule has 3 aromatic heterocycles. The lowest BCUT2D eigenvalue weighted by Gasteiger charge is -2.33. The third kappa shape index (κ3) is 3.99. The van der Waals surface area contributed by atoms with Gasteiger partial charge < -0.3 is 14.2 Å². The van der Waals surface area contributed by atoms with Crippen molar-refractivity contribution in [2.24, 2.45) is 0 Å². The highest BCUT2D eigenvalue weighted by atomic mass is 16.5. The Hall–Kier alpha value is -2.67. The first-order valence-corrected chi connectivity index (χ1v) is 11.7. The smallest absolute Gasteiger partial charge is 0.274 e. The molecule has 2 fully saturated rings. The fourth-order valence-corrected chi connectivity index (χ4v) is 5.07. The third-order valence-electron chi connectivity index (χ3n) is 6.67. The standard InChI is InChI=1S/C24H31N5O2/c1-2-28(18-9-4-3-5-10-18)24(30)22-21-12-6-7-13-29(21)23(26-22)20-16-27(17-25-20)15-19-11-8-14-31-19/h6-7,12-13,16-19H,2-5,8-11,14-15H2,1H3. The molecule has 1 unspecified atom stereocenters. The van der Waals surface area contributed by atoms with E-state index < -0.39 is 0 Å². The summed E-state index contributed by atoms with van der Waals surface area (Å²) in [6.45, 7) is 4.42. The molecule has 1 saturated carbocycles. The minimum atomic E-state index is 0.0307. The average Bonchev–Trinajstić information content (AvgIpc) is 3.55. The predicted molar refractivity (Wildman–Crippen MR) is 119 cm³/mol. The Morgan fingerprint density at radius 1 is 1.19 bits per heavy atom. The fraction of sp³-hybridized carbons (Fsp3) is 0.542. The van der Waals surface area contributed by atoms with Gasteiger partial charge in [-0.1, -0.05) is 25.3 Å². The van der Waals surface area contributed by atoms with Crippen LogP contribution in [0.2, 0.25) is 0 Å². The van der Waals surface area contributed by atoms with Gasteiger partial charge >= 0.3 is 0 Å². The summed E-state index contributed by atoms with van der Waals surface area (Å²) in [6.07, 6.45) is 14.1. The van der Waals surface area contributed by atoms with Gasteiger partial charge in [-0.05, 0) is 44.7 Å².